The molecule has 3 rings (SSSR count). The monoisotopic (exact) mass is 382 g/mol. The molecule has 0 spiro atoms. The van der Waals surface area contributed by atoms with E-state index in [0.29, 0.717) is 4.34 Å². The van der Waals surface area contributed by atoms with Crippen molar-refractivity contribution in [2.45, 2.75) is 22.7 Å². The number of nitrogens with zero attached hydrogens (tertiary/aromatic N) is 1. The fourth-order valence-electron chi connectivity index (χ4n) is 2.18. The number of nitrogens with one attached hydrogen (secondary N) is 1. The zero-order chi connectivity index (χ0) is 18.0. The van der Waals surface area contributed by atoms with Gasteiger partial charge in [0.15, 0.2) is 4.34 Å². The van der Waals surface area contributed by atoms with E-state index in [1.807, 2.05) is 24.3 Å². The number of benzene rings is 2. The van der Waals surface area contributed by atoms with Crippen LogP contribution >= 0.6 is 23.1 Å². The zero-order valence-electron chi connectivity index (χ0n) is 13.0. The van der Waals surface area contributed by atoms with Gasteiger partial charge < -0.3 is 5.32 Å². The average molecular weight is 382 g/mol. The number of alkyl halides is 3. The van der Waals surface area contributed by atoms with Crippen molar-refractivity contribution in [3.8, 4) is 0 Å². The predicted molar refractivity (Wildman–Crippen MR) is 95.0 cm³/mol. The first-order chi connectivity index (χ1) is 11.8. The number of fused-ring (bicyclic) bond motifs is 1. The van der Waals surface area contributed by atoms with Gasteiger partial charge in [-0.25, -0.2) is 4.98 Å². The van der Waals surface area contributed by atoms with Crippen LogP contribution in [0.4, 0.5) is 18.9 Å². The van der Waals surface area contributed by atoms with E-state index in [4.69, 9.17) is 0 Å². The first kappa shape index (κ1) is 17.8. The van der Waals surface area contributed by atoms with Crippen molar-refractivity contribution in [3.63, 3.8) is 0 Å². The Morgan fingerprint density at radius 2 is 1.84 bits per heavy atom. The van der Waals surface area contributed by atoms with Crippen LogP contribution in [-0.4, -0.2) is 16.1 Å². The maximum atomic E-state index is 13.0. The molecule has 1 amide bonds. The largest absolute Gasteiger partial charge is 0.418 e. The van der Waals surface area contributed by atoms with Crippen molar-refractivity contribution < 1.29 is 18.0 Å². The summed E-state index contributed by atoms with van der Waals surface area (Å²) in [6, 6.07) is 12.5. The number of hydrogen-bond acceptors (Lipinski definition) is 4. The lowest BCUT2D eigenvalue weighted by atomic mass is 10.1. The minimum absolute atomic E-state index is 0.239. The third-order valence-corrected chi connectivity index (χ3v) is 5.64. The van der Waals surface area contributed by atoms with Gasteiger partial charge in [-0.15, -0.1) is 11.3 Å². The molecule has 0 saturated heterocycles. The highest BCUT2D eigenvalue weighted by molar-refractivity contribution is 8.02. The van der Waals surface area contributed by atoms with Crippen molar-refractivity contribution in [2.75, 3.05) is 5.32 Å². The van der Waals surface area contributed by atoms with Gasteiger partial charge in [0.05, 0.1) is 26.7 Å². The van der Waals surface area contributed by atoms with Crippen LogP contribution < -0.4 is 5.32 Å². The first-order valence-corrected chi connectivity index (χ1v) is 9.03. The summed E-state index contributed by atoms with van der Waals surface area (Å²) in [5, 5.41) is 1.79. The molecule has 0 bridgehead atoms. The third-order valence-electron chi connectivity index (χ3n) is 3.41. The summed E-state index contributed by atoms with van der Waals surface area (Å²) < 4.78 is 40.7. The Bertz CT molecular complexity index is 875. The van der Waals surface area contributed by atoms with E-state index in [0.717, 1.165) is 16.3 Å². The molecule has 1 N–H and O–H groups in total. The number of thiazole rings is 1. The Balaban J connectivity index is 1.73. The summed E-state index contributed by atoms with van der Waals surface area (Å²) >= 11 is 2.67. The number of carbonyl (C=O) groups excluding carboxylic acids is 1. The van der Waals surface area contributed by atoms with E-state index in [1.165, 1.54) is 41.3 Å². The van der Waals surface area contributed by atoms with Gasteiger partial charge in [-0.05, 0) is 31.2 Å². The average Bonchev–Trinajstić information content (AvgIpc) is 2.96. The van der Waals surface area contributed by atoms with Crippen molar-refractivity contribution in [3.05, 3.63) is 54.1 Å². The molecule has 130 valence electrons. The van der Waals surface area contributed by atoms with E-state index >= 15 is 0 Å². The van der Waals surface area contributed by atoms with E-state index in [2.05, 4.69) is 10.3 Å². The number of amides is 1. The molecular weight excluding hydrogens is 369 g/mol. The number of aromatic nitrogens is 1. The molecule has 3 nitrogen and oxygen atoms in total. The van der Waals surface area contributed by atoms with Crippen molar-refractivity contribution in [1.29, 1.82) is 0 Å². The number of thioether (sulfide) groups is 1. The van der Waals surface area contributed by atoms with Crippen LogP contribution in [0, 0.1) is 0 Å². The molecule has 0 aliphatic carbocycles. The highest BCUT2D eigenvalue weighted by Crippen LogP contribution is 2.36. The normalized spacial score (nSPS) is 13.0. The molecular formula is C17H13F3N2OS2. The molecule has 3 aromatic rings. The molecule has 1 heterocycles. The number of halogens is 3. The second-order valence-corrected chi connectivity index (χ2v) is 7.86. The van der Waals surface area contributed by atoms with E-state index in [-0.39, 0.29) is 5.69 Å². The minimum atomic E-state index is -4.52. The number of anilines is 1. The van der Waals surface area contributed by atoms with Crippen LogP contribution in [0.5, 0.6) is 0 Å². The molecule has 2 aromatic carbocycles. The molecule has 1 aromatic heterocycles. The topological polar surface area (TPSA) is 42.0 Å². The summed E-state index contributed by atoms with van der Waals surface area (Å²) in [7, 11) is 0. The lowest BCUT2D eigenvalue weighted by molar-refractivity contribution is -0.137. The Hall–Kier alpha value is -2.06. The quantitative estimate of drug-likeness (QED) is 0.612. The maximum Gasteiger partial charge on any atom is 0.418 e. The van der Waals surface area contributed by atoms with Gasteiger partial charge >= 0.3 is 6.18 Å². The van der Waals surface area contributed by atoms with Crippen LogP contribution in [0.2, 0.25) is 0 Å². The van der Waals surface area contributed by atoms with Gasteiger partial charge in [0, 0.05) is 0 Å². The fourth-order valence-corrected chi connectivity index (χ4v) is 4.39. The summed E-state index contributed by atoms with van der Waals surface area (Å²) in [4.78, 5) is 16.7. The van der Waals surface area contributed by atoms with E-state index < -0.39 is 22.9 Å². The molecule has 1 unspecified atom stereocenters. The molecule has 0 aliphatic heterocycles. The summed E-state index contributed by atoms with van der Waals surface area (Å²) in [5.74, 6) is -0.499. The van der Waals surface area contributed by atoms with Gasteiger partial charge in [0.25, 0.3) is 0 Å². The first-order valence-electron chi connectivity index (χ1n) is 7.34. The standard InChI is InChI=1S/C17H13F3N2OS2/c1-10(24-16-22-13-8-4-5-9-14(13)25-16)15(23)21-12-7-3-2-6-11(12)17(18,19)20/h2-10H,1H3,(H,21,23). The Morgan fingerprint density at radius 3 is 2.56 bits per heavy atom. The summed E-state index contributed by atoms with van der Waals surface area (Å²) in [6.45, 7) is 1.64. The van der Waals surface area contributed by atoms with Gasteiger partial charge in [-0.2, -0.15) is 13.2 Å². The van der Waals surface area contributed by atoms with Crippen molar-refractivity contribution in [2.24, 2.45) is 0 Å². The second-order valence-electron chi connectivity index (χ2n) is 5.24. The van der Waals surface area contributed by atoms with Crippen molar-refractivity contribution >= 4 is 44.9 Å². The molecule has 8 heteroatoms. The number of carbonyl (C=O) groups is 1. The van der Waals surface area contributed by atoms with Crippen LogP contribution in [0.3, 0.4) is 0 Å². The van der Waals surface area contributed by atoms with Crippen LogP contribution in [0.15, 0.2) is 52.9 Å². The van der Waals surface area contributed by atoms with Gasteiger partial charge in [0.2, 0.25) is 5.91 Å². The number of para-hydroxylation sites is 2. The lowest BCUT2D eigenvalue weighted by Crippen LogP contribution is -2.24. The van der Waals surface area contributed by atoms with Crippen LogP contribution in [-0.2, 0) is 11.0 Å². The van der Waals surface area contributed by atoms with Gasteiger partial charge in [-0.1, -0.05) is 36.0 Å². The molecule has 25 heavy (non-hydrogen) atoms. The Kier molecular flexibility index (Phi) is 5.01. The second kappa shape index (κ2) is 7.05. The highest BCUT2D eigenvalue weighted by Gasteiger charge is 2.34. The van der Waals surface area contributed by atoms with E-state index in [1.54, 1.807) is 6.92 Å². The predicted octanol–water partition coefficient (Wildman–Crippen LogP) is 5.43. The minimum Gasteiger partial charge on any atom is -0.325 e. The number of hydrogen-bond donors (Lipinski definition) is 1. The van der Waals surface area contributed by atoms with Gasteiger partial charge in [-0.3, -0.25) is 4.79 Å². The van der Waals surface area contributed by atoms with Crippen LogP contribution in [0.1, 0.15) is 12.5 Å². The lowest BCUT2D eigenvalue weighted by Gasteiger charge is -2.15. The Labute approximate surface area is 150 Å². The molecule has 0 aliphatic rings. The molecule has 1 atom stereocenters. The molecule has 0 fully saturated rings. The smallest absolute Gasteiger partial charge is 0.325 e. The summed E-state index contributed by atoms with van der Waals surface area (Å²) in [6.07, 6.45) is -4.52. The Morgan fingerprint density at radius 1 is 1.16 bits per heavy atom. The van der Waals surface area contributed by atoms with E-state index in [9.17, 15) is 18.0 Å². The summed E-state index contributed by atoms with van der Waals surface area (Å²) in [5.41, 5.74) is -0.262. The third kappa shape index (κ3) is 4.13. The highest BCUT2D eigenvalue weighted by atomic mass is 32.2. The van der Waals surface area contributed by atoms with Crippen molar-refractivity contribution in [1.82, 2.24) is 4.98 Å². The maximum absolute atomic E-state index is 13.0. The molecule has 0 radical (unpaired) electrons. The van der Waals surface area contributed by atoms with Gasteiger partial charge in [0.1, 0.15) is 0 Å². The zero-order valence-corrected chi connectivity index (χ0v) is 14.6. The molecule has 0 saturated carbocycles. The number of rotatable bonds is 4. The SMILES string of the molecule is CC(Sc1nc2ccccc2s1)C(=O)Nc1ccccc1C(F)(F)F. The fraction of sp³-hybridized carbons (Fsp3) is 0.176. The van der Waals surface area contributed by atoms with Crippen LogP contribution in [0.25, 0.3) is 10.2 Å².